The average Bonchev–Trinajstić information content (AvgIpc) is 3.57. The fraction of sp³-hybridized carbons (Fsp3) is 0.486. The third-order valence-electron chi connectivity index (χ3n) is 9.76. The van der Waals surface area contributed by atoms with Crippen molar-refractivity contribution in [2.75, 3.05) is 52.0 Å². The Morgan fingerprint density at radius 2 is 1.82 bits per heavy atom. The van der Waals surface area contributed by atoms with E-state index in [0.717, 1.165) is 59.9 Å². The van der Waals surface area contributed by atoms with Gasteiger partial charge in [-0.05, 0) is 98.0 Å². The lowest BCUT2D eigenvalue weighted by atomic mass is 9.82. The highest BCUT2D eigenvalue weighted by Crippen LogP contribution is 2.42. The van der Waals surface area contributed by atoms with Crippen molar-refractivity contribution in [3.63, 3.8) is 0 Å². The first-order valence-corrected chi connectivity index (χ1v) is 18.8. The number of ether oxygens (including phenoxy) is 4. The Hall–Kier alpha value is -4.04. The molecule has 0 bridgehead atoms. The van der Waals surface area contributed by atoms with E-state index in [0.29, 0.717) is 31.9 Å². The summed E-state index contributed by atoms with van der Waals surface area (Å²) in [5.41, 5.74) is 2.20. The number of aromatic nitrogens is 4. The van der Waals surface area contributed by atoms with Crippen LogP contribution in [0.1, 0.15) is 66.1 Å². The smallest absolute Gasteiger partial charge is 0.209 e. The van der Waals surface area contributed by atoms with Crippen LogP contribution in [0.15, 0.2) is 71.6 Å². The maximum absolute atomic E-state index is 14.6. The third kappa shape index (κ3) is 7.96. The van der Waals surface area contributed by atoms with E-state index >= 15 is 0 Å². The molecule has 3 aromatic carbocycles. The first kappa shape index (κ1) is 35.8. The molecule has 4 aromatic rings. The van der Waals surface area contributed by atoms with Gasteiger partial charge in [-0.3, -0.25) is 0 Å². The zero-order valence-electron chi connectivity index (χ0n) is 29.5. The second-order valence-electron chi connectivity index (χ2n) is 13.2. The number of hydrogen-bond acceptors (Lipinski definition) is 11. The molecule has 1 saturated heterocycles. The summed E-state index contributed by atoms with van der Waals surface area (Å²) >= 11 is 0. The fourth-order valence-corrected chi connectivity index (χ4v) is 8.61. The summed E-state index contributed by atoms with van der Waals surface area (Å²) in [5.74, 6) is 2.15. The number of tetrazole rings is 1. The van der Waals surface area contributed by atoms with E-state index < -0.39 is 21.4 Å². The second kappa shape index (κ2) is 15.9. The average molecular weight is 705 g/mol. The minimum absolute atomic E-state index is 0.0655. The second-order valence-corrected chi connectivity index (χ2v) is 15.2. The molecule has 1 aromatic heterocycles. The molecule has 0 saturated carbocycles. The number of nitrogens with zero attached hydrogens (tertiary/aromatic N) is 5. The van der Waals surface area contributed by atoms with Gasteiger partial charge in [0.2, 0.25) is 9.84 Å². The van der Waals surface area contributed by atoms with E-state index in [2.05, 4.69) is 44.8 Å². The summed E-state index contributed by atoms with van der Waals surface area (Å²) in [5, 5.41) is 15.8. The van der Waals surface area contributed by atoms with Crippen LogP contribution in [0.3, 0.4) is 0 Å². The van der Waals surface area contributed by atoms with Crippen LogP contribution >= 0.6 is 0 Å². The lowest BCUT2D eigenvalue weighted by molar-refractivity contribution is -0.00758. The van der Waals surface area contributed by atoms with Gasteiger partial charge in [-0.15, -0.1) is 5.10 Å². The van der Waals surface area contributed by atoms with E-state index in [-0.39, 0.29) is 22.9 Å². The van der Waals surface area contributed by atoms with Crippen molar-refractivity contribution in [2.45, 2.75) is 74.5 Å². The van der Waals surface area contributed by atoms with Crippen molar-refractivity contribution in [2.24, 2.45) is 0 Å². The van der Waals surface area contributed by atoms with E-state index in [1.807, 2.05) is 61.0 Å². The Bertz CT molecular complexity index is 1820. The van der Waals surface area contributed by atoms with Crippen molar-refractivity contribution >= 4 is 15.5 Å². The zero-order valence-corrected chi connectivity index (χ0v) is 30.3. The van der Waals surface area contributed by atoms with Gasteiger partial charge in [0, 0.05) is 38.8 Å². The molecule has 1 N–H and O–H groups in total. The normalized spacial score (nSPS) is 20.5. The van der Waals surface area contributed by atoms with Crippen LogP contribution in [0.5, 0.6) is 11.5 Å². The molecule has 0 radical (unpaired) electrons. The van der Waals surface area contributed by atoms with Gasteiger partial charge >= 0.3 is 0 Å². The third-order valence-corrected chi connectivity index (χ3v) is 11.6. The van der Waals surface area contributed by atoms with Crippen LogP contribution in [0, 0.1) is 13.8 Å². The lowest BCUT2D eigenvalue weighted by Gasteiger charge is -2.40. The summed E-state index contributed by atoms with van der Waals surface area (Å²) in [6, 6.07) is 20.8. The highest BCUT2D eigenvalue weighted by molar-refractivity contribution is 7.91. The molecule has 5 atom stereocenters. The monoisotopic (exact) mass is 704 g/mol. The SMILES string of the molecule is COCCCN1CCOc2ccc(C(O[C@H]3CN[C@@H](CC(C)n4nnnc4C)C[C@@H]3c3ccc(OC)cc3)S(=O)(=O)c3ccc(C)cc3)cc21. The molecule has 6 rings (SSSR count). The predicted molar refractivity (Wildman–Crippen MR) is 191 cm³/mol. The zero-order chi connectivity index (χ0) is 35.3. The number of nitrogens with one attached hydrogen (secondary N) is 1. The molecule has 268 valence electrons. The molecular weight excluding hydrogens is 657 g/mol. The standard InChI is InChI=1S/C37H48N6O6S/c1-25-7-14-32(15-8-25)50(44,45)37(29-11-16-35-34(22-29)42(18-20-48-35)17-6-19-46-4)49-36-24-38-30(21-26(2)43-27(3)39-40-41-43)23-33(36)28-9-12-31(47-5)13-10-28/h7-16,22,26,30,33,36-38H,6,17-21,23-24H2,1-5H3/t26?,30-,33+,36-,37?/m0/s1. The van der Waals surface area contributed by atoms with Crippen LogP contribution in [-0.2, 0) is 19.3 Å². The maximum Gasteiger partial charge on any atom is 0.209 e. The predicted octanol–water partition coefficient (Wildman–Crippen LogP) is 5.19. The largest absolute Gasteiger partial charge is 0.497 e. The first-order chi connectivity index (χ1) is 24.2. The molecule has 0 amide bonds. The first-order valence-electron chi connectivity index (χ1n) is 17.3. The quantitative estimate of drug-likeness (QED) is 0.174. The van der Waals surface area contributed by atoms with E-state index in [4.69, 9.17) is 18.9 Å². The van der Waals surface area contributed by atoms with Crippen molar-refractivity contribution in [1.29, 1.82) is 0 Å². The van der Waals surface area contributed by atoms with Gasteiger partial charge in [0.1, 0.15) is 23.9 Å². The van der Waals surface area contributed by atoms with Gasteiger partial charge in [0.25, 0.3) is 0 Å². The Morgan fingerprint density at radius 3 is 2.52 bits per heavy atom. The van der Waals surface area contributed by atoms with Gasteiger partial charge in [-0.2, -0.15) is 0 Å². The minimum Gasteiger partial charge on any atom is -0.497 e. The summed E-state index contributed by atoms with van der Waals surface area (Å²) < 4.78 is 54.8. The molecule has 12 nitrogen and oxygen atoms in total. The van der Waals surface area contributed by atoms with Gasteiger partial charge in [0.05, 0.1) is 36.4 Å². The van der Waals surface area contributed by atoms with Gasteiger partial charge in [-0.25, -0.2) is 13.1 Å². The number of hydrogen-bond donors (Lipinski definition) is 1. The highest BCUT2D eigenvalue weighted by atomic mass is 32.2. The Kier molecular flexibility index (Phi) is 11.4. The van der Waals surface area contributed by atoms with Gasteiger partial charge < -0.3 is 29.2 Å². The molecule has 0 spiro atoms. The number of sulfone groups is 1. The molecule has 2 unspecified atom stereocenters. The fourth-order valence-electron chi connectivity index (χ4n) is 7.06. The molecule has 13 heteroatoms. The summed E-state index contributed by atoms with van der Waals surface area (Å²) in [7, 11) is -0.652. The van der Waals surface area contributed by atoms with Crippen molar-refractivity contribution < 1.29 is 27.4 Å². The molecule has 1 fully saturated rings. The van der Waals surface area contributed by atoms with Crippen LogP contribution in [0.2, 0.25) is 0 Å². The van der Waals surface area contributed by atoms with E-state index in [9.17, 15) is 8.42 Å². The topological polar surface area (TPSA) is 130 Å². The van der Waals surface area contributed by atoms with E-state index in [1.54, 1.807) is 26.4 Å². The number of rotatable bonds is 14. The van der Waals surface area contributed by atoms with E-state index in [1.165, 1.54) is 0 Å². The Morgan fingerprint density at radius 1 is 1.04 bits per heavy atom. The van der Waals surface area contributed by atoms with Crippen LogP contribution in [-0.4, -0.2) is 87.8 Å². The number of aryl methyl sites for hydroxylation is 2. The van der Waals surface area contributed by atoms with Crippen molar-refractivity contribution in [3.05, 3.63) is 89.2 Å². The minimum atomic E-state index is -3.99. The molecule has 0 aliphatic carbocycles. The number of benzene rings is 3. The van der Waals surface area contributed by atoms with Crippen LogP contribution < -0.4 is 19.7 Å². The van der Waals surface area contributed by atoms with Crippen molar-refractivity contribution in [3.8, 4) is 11.5 Å². The van der Waals surface area contributed by atoms with Crippen LogP contribution in [0.4, 0.5) is 5.69 Å². The highest BCUT2D eigenvalue weighted by Gasteiger charge is 2.39. The Balaban J connectivity index is 1.35. The Labute approximate surface area is 295 Å². The van der Waals surface area contributed by atoms with Crippen LogP contribution in [0.25, 0.3) is 0 Å². The molecule has 2 aliphatic rings. The van der Waals surface area contributed by atoms with Gasteiger partial charge in [0.15, 0.2) is 5.44 Å². The van der Waals surface area contributed by atoms with Gasteiger partial charge in [-0.1, -0.05) is 35.9 Å². The lowest BCUT2D eigenvalue weighted by Crippen LogP contribution is -2.48. The summed E-state index contributed by atoms with van der Waals surface area (Å²) in [6.45, 7) is 9.07. The number of anilines is 1. The number of fused-ring (bicyclic) bond motifs is 1. The number of methoxy groups -OCH3 is 2. The molecule has 3 heterocycles. The summed E-state index contributed by atoms with van der Waals surface area (Å²) in [6.07, 6.45) is 1.90. The molecular formula is C37H48N6O6S. The molecule has 50 heavy (non-hydrogen) atoms. The molecule has 2 aliphatic heterocycles. The summed E-state index contributed by atoms with van der Waals surface area (Å²) in [4.78, 5) is 2.45. The maximum atomic E-state index is 14.6. The number of piperidine rings is 1. The van der Waals surface area contributed by atoms with Crippen molar-refractivity contribution in [1.82, 2.24) is 25.5 Å².